The molecular weight excluding hydrogens is 274 g/mol. The maximum atomic E-state index is 12.4. The summed E-state index contributed by atoms with van der Waals surface area (Å²) in [4.78, 5) is 3.93. The van der Waals surface area contributed by atoms with Crippen LogP contribution in [0.25, 0.3) is 0 Å². The van der Waals surface area contributed by atoms with Crippen LogP contribution in [0.5, 0.6) is 0 Å². The molecule has 0 aliphatic heterocycles. The Hall–Kier alpha value is -2.39. The Balaban J connectivity index is 2.41. The lowest BCUT2D eigenvalue weighted by Gasteiger charge is -2.09. The molecule has 6 heteroatoms. The normalized spacial score (nSPS) is 11.0. The van der Waals surface area contributed by atoms with Crippen molar-refractivity contribution in [2.24, 2.45) is 0 Å². The Kier molecular flexibility index (Phi) is 3.72. The molecule has 0 radical (unpaired) electrons. The first kappa shape index (κ1) is 14.0. The molecule has 1 aromatic heterocycles. The van der Waals surface area contributed by atoms with E-state index in [1.54, 1.807) is 25.1 Å². The number of anilines is 1. The Labute approximate surface area is 117 Å². The molecular formula is C14H13N3O2S. The smallest absolute Gasteiger partial charge is 0.184 e. The highest BCUT2D eigenvalue weighted by Gasteiger charge is 2.19. The van der Waals surface area contributed by atoms with Crippen LogP contribution < -0.4 is 5.73 Å². The number of pyridine rings is 1. The third-order valence-electron chi connectivity index (χ3n) is 2.91. The van der Waals surface area contributed by atoms with Crippen molar-refractivity contribution in [3.05, 3.63) is 53.3 Å². The van der Waals surface area contributed by atoms with Gasteiger partial charge in [0.1, 0.15) is 11.8 Å². The molecule has 0 aliphatic rings. The van der Waals surface area contributed by atoms with E-state index in [9.17, 15) is 8.42 Å². The van der Waals surface area contributed by atoms with Gasteiger partial charge in [0.25, 0.3) is 0 Å². The molecule has 0 atom stereocenters. The van der Waals surface area contributed by atoms with Gasteiger partial charge in [0.05, 0.1) is 16.3 Å². The Morgan fingerprint density at radius 3 is 2.80 bits per heavy atom. The second kappa shape index (κ2) is 5.31. The fraction of sp³-hybridized carbons (Fsp3) is 0.143. The summed E-state index contributed by atoms with van der Waals surface area (Å²) in [5, 5.41) is 8.78. The van der Waals surface area contributed by atoms with Gasteiger partial charge in [-0.2, -0.15) is 5.26 Å². The van der Waals surface area contributed by atoms with Crippen molar-refractivity contribution in [2.75, 3.05) is 5.73 Å². The van der Waals surface area contributed by atoms with Crippen LogP contribution in [0.2, 0.25) is 0 Å². The van der Waals surface area contributed by atoms with Crippen LogP contribution in [0.1, 0.15) is 16.8 Å². The monoisotopic (exact) mass is 287 g/mol. The number of aryl methyl sites for hydroxylation is 1. The lowest BCUT2D eigenvalue weighted by molar-refractivity contribution is 0.595. The van der Waals surface area contributed by atoms with Gasteiger partial charge >= 0.3 is 0 Å². The number of nitriles is 1. The molecule has 20 heavy (non-hydrogen) atoms. The van der Waals surface area contributed by atoms with Gasteiger partial charge in [0.2, 0.25) is 0 Å². The number of sulfone groups is 1. The van der Waals surface area contributed by atoms with Gasteiger partial charge in [-0.3, -0.25) is 0 Å². The number of hydrogen-bond donors (Lipinski definition) is 1. The number of aromatic nitrogens is 1. The zero-order valence-corrected chi connectivity index (χ0v) is 11.7. The number of hydrogen-bond acceptors (Lipinski definition) is 5. The summed E-state index contributed by atoms with van der Waals surface area (Å²) in [5.41, 5.74) is 7.52. The number of nitrogens with zero attached hydrogens (tertiary/aromatic N) is 2. The van der Waals surface area contributed by atoms with Gasteiger partial charge in [-0.25, -0.2) is 13.4 Å². The fourth-order valence-electron chi connectivity index (χ4n) is 1.85. The van der Waals surface area contributed by atoms with E-state index in [4.69, 9.17) is 11.0 Å². The van der Waals surface area contributed by atoms with Gasteiger partial charge < -0.3 is 5.73 Å². The molecule has 0 saturated heterocycles. The molecule has 2 N–H and O–H groups in total. The summed E-state index contributed by atoms with van der Waals surface area (Å²) in [6.45, 7) is 1.76. The number of para-hydroxylation sites is 1. The molecule has 102 valence electrons. The van der Waals surface area contributed by atoms with E-state index in [2.05, 4.69) is 4.98 Å². The molecule has 0 amide bonds. The molecule has 0 saturated carbocycles. The lowest BCUT2D eigenvalue weighted by Crippen LogP contribution is -2.09. The molecule has 0 bridgehead atoms. The van der Waals surface area contributed by atoms with Crippen LogP contribution in [0.3, 0.4) is 0 Å². The van der Waals surface area contributed by atoms with Crippen molar-refractivity contribution in [1.29, 1.82) is 5.26 Å². The molecule has 0 unspecified atom stereocenters. The second-order valence-electron chi connectivity index (χ2n) is 4.41. The van der Waals surface area contributed by atoms with Gasteiger partial charge in [0.15, 0.2) is 9.84 Å². The summed E-state index contributed by atoms with van der Waals surface area (Å²) < 4.78 is 24.8. The Morgan fingerprint density at radius 1 is 1.35 bits per heavy atom. The summed E-state index contributed by atoms with van der Waals surface area (Å²) in [5.74, 6) is -0.210. The van der Waals surface area contributed by atoms with Crippen molar-refractivity contribution >= 4 is 15.5 Å². The van der Waals surface area contributed by atoms with Crippen molar-refractivity contribution in [3.8, 4) is 6.07 Å². The van der Waals surface area contributed by atoms with E-state index < -0.39 is 9.84 Å². The third-order valence-corrected chi connectivity index (χ3v) is 4.65. The lowest BCUT2D eigenvalue weighted by atomic mass is 10.2. The minimum absolute atomic E-state index is 0.118. The fourth-order valence-corrected chi connectivity index (χ4v) is 3.40. The third kappa shape index (κ3) is 2.78. The first-order valence-corrected chi connectivity index (χ1v) is 7.52. The van der Waals surface area contributed by atoms with Crippen molar-refractivity contribution in [2.45, 2.75) is 17.6 Å². The Morgan fingerprint density at radius 2 is 2.10 bits per heavy atom. The van der Waals surface area contributed by atoms with Crippen LogP contribution in [0.4, 0.5) is 5.69 Å². The van der Waals surface area contributed by atoms with E-state index in [1.807, 2.05) is 6.07 Å². The number of benzene rings is 1. The minimum Gasteiger partial charge on any atom is -0.397 e. The highest BCUT2D eigenvalue weighted by atomic mass is 32.2. The number of nitrogens with two attached hydrogens (primary N) is 1. The SMILES string of the molecule is Cc1cccc(S(=O)(=O)Cc2ccnc(C#N)c2)c1N. The molecule has 0 fully saturated rings. The predicted octanol–water partition coefficient (Wildman–Crippen LogP) is 1.82. The van der Waals surface area contributed by atoms with Gasteiger partial charge in [-0.15, -0.1) is 0 Å². The molecule has 5 nitrogen and oxygen atoms in total. The summed E-state index contributed by atoms with van der Waals surface area (Å²) in [7, 11) is -3.55. The Bertz CT molecular complexity index is 792. The first-order chi connectivity index (χ1) is 9.44. The molecule has 1 heterocycles. The van der Waals surface area contributed by atoms with Crippen LogP contribution in [-0.2, 0) is 15.6 Å². The summed E-state index contributed by atoms with van der Waals surface area (Å²) in [6, 6.07) is 9.83. The zero-order chi connectivity index (χ0) is 14.8. The minimum atomic E-state index is -3.55. The number of rotatable bonds is 3. The molecule has 2 aromatic rings. The van der Waals surface area contributed by atoms with E-state index in [-0.39, 0.29) is 22.0 Å². The van der Waals surface area contributed by atoms with Crippen LogP contribution in [0.15, 0.2) is 41.4 Å². The quantitative estimate of drug-likeness (QED) is 0.868. The van der Waals surface area contributed by atoms with Crippen LogP contribution >= 0.6 is 0 Å². The topological polar surface area (TPSA) is 96.8 Å². The number of nitrogen functional groups attached to an aromatic ring is 1. The molecule has 0 aliphatic carbocycles. The van der Waals surface area contributed by atoms with Crippen molar-refractivity contribution in [1.82, 2.24) is 4.98 Å². The summed E-state index contributed by atoms with van der Waals surface area (Å²) in [6.07, 6.45) is 1.42. The van der Waals surface area contributed by atoms with Crippen molar-refractivity contribution in [3.63, 3.8) is 0 Å². The average molecular weight is 287 g/mol. The van der Waals surface area contributed by atoms with E-state index in [0.29, 0.717) is 5.56 Å². The highest BCUT2D eigenvalue weighted by Crippen LogP contribution is 2.25. The van der Waals surface area contributed by atoms with Gasteiger partial charge in [-0.05, 0) is 36.2 Å². The van der Waals surface area contributed by atoms with Gasteiger partial charge in [0, 0.05) is 6.20 Å². The summed E-state index contributed by atoms with van der Waals surface area (Å²) >= 11 is 0. The van der Waals surface area contributed by atoms with E-state index in [1.165, 1.54) is 18.3 Å². The van der Waals surface area contributed by atoms with Gasteiger partial charge in [-0.1, -0.05) is 12.1 Å². The maximum Gasteiger partial charge on any atom is 0.184 e. The molecule has 1 aromatic carbocycles. The van der Waals surface area contributed by atoms with E-state index >= 15 is 0 Å². The maximum absolute atomic E-state index is 12.4. The van der Waals surface area contributed by atoms with E-state index in [0.717, 1.165) is 5.56 Å². The second-order valence-corrected chi connectivity index (χ2v) is 6.36. The largest absolute Gasteiger partial charge is 0.397 e. The first-order valence-electron chi connectivity index (χ1n) is 5.87. The van der Waals surface area contributed by atoms with Crippen molar-refractivity contribution < 1.29 is 8.42 Å². The zero-order valence-electron chi connectivity index (χ0n) is 10.9. The molecule has 2 rings (SSSR count). The average Bonchev–Trinajstić information content (AvgIpc) is 2.41. The van der Waals surface area contributed by atoms with Crippen LogP contribution in [-0.4, -0.2) is 13.4 Å². The highest BCUT2D eigenvalue weighted by molar-refractivity contribution is 7.90. The standard InChI is InChI=1S/C14H13N3O2S/c1-10-3-2-4-13(14(10)16)20(18,19)9-11-5-6-17-12(7-11)8-15/h2-7H,9,16H2,1H3. The van der Waals surface area contributed by atoms with Crippen LogP contribution in [0, 0.1) is 18.3 Å². The predicted molar refractivity (Wildman–Crippen MR) is 75.4 cm³/mol. The molecule has 0 spiro atoms.